The van der Waals surface area contributed by atoms with Crippen LogP contribution in [0.15, 0.2) is 53.4 Å². The SMILES string of the molecule is COc1cc(/C=C\c2ccc(O)c(OC)c2CS(=O)(=O)c2cccc(N)c2)cc(OC)c1OC. The second-order valence-electron chi connectivity index (χ2n) is 7.31. The van der Waals surface area contributed by atoms with Crippen molar-refractivity contribution in [2.75, 3.05) is 34.2 Å². The Morgan fingerprint density at radius 3 is 2.06 bits per heavy atom. The Balaban J connectivity index is 2.08. The van der Waals surface area contributed by atoms with E-state index in [4.69, 9.17) is 24.7 Å². The summed E-state index contributed by atoms with van der Waals surface area (Å²) in [6.07, 6.45) is 3.50. The van der Waals surface area contributed by atoms with Crippen molar-refractivity contribution >= 4 is 27.7 Å². The Bertz CT molecular complexity index is 1290. The third-order valence-electron chi connectivity index (χ3n) is 5.17. The Morgan fingerprint density at radius 1 is 0.853 bits per heavy atom. The molecule has 0 heterocycles. The minimum Gasteiger partial charge on any atom is -0.504 e. The molecule has 0 bridgehead atoms. The summed E-state index contributed by atoms with van der Waals surface area (Å²) in [5, 5.41) is 10.3. The molecule has 0 aromatic heterocycles. The zero-order chi connectivity index (χ0) is 24.9. The van der Waals surface area contributed by atoms with E-state index in [1.54, 1.807) is 42.5 Å². The average molecular weight is 486 g/mol. The van der Waals surface area contributed by atoms with Gasteiger partial charge in [0.15, 0.2) is 32.8 Å². The van der Waals surface area contributed by atoms with Gasteiger partial charge in [-0.15, -0.1) is 0 Å². The number of methoxy groups -OCH3 is 4. The summed E-state index contributed by atoms with van der Waals surface area (Å²) < 4.78 is 47.7. The van der Waals surface area contributed by atoms with Gasteiger partial charge in [-0.25, -0.2) is 8.42 Å². The van der Waals surface area contributed by atoms with Crippen LogP contribution >= 0.6 is 0 Å². The molecule has 8 nitrogen and oxygen atoms in total. The molecule has 3 aromatic rings. The normalized spacial score (nSPS) is 11.4. The van der Waals surface area contributed by atoms with Crippen LogP contribution in [-0.2, 0) is 15.6 Å². The van der Waals surface area contributed by atoms with E-state index >= 15 is 0 Å². The Hall–Kier alpha value is -3.85. The van der Waals surface area contributed by atoms with Crippen LogP contribution in [0.5, 0.6) is 28.7 Å². The number of phenolic OH excluding ortho intramolecular Hbond substituents is 1. The number of benzene rings is 3. The highest BCUT2D eigenvalue weighted by Gasteiger charge is 2.22. The first-order chi connectivity index (χ1) is 16.2. The van der Waals surface area contributed by atoms with Gasteiger partial charge in [0, 0.05) is 11.3 Å². The van der Waals surface area contributed by atoms with Crippen molar-refractivity contribution in [1.29, 1.82) is 0 Å². The van der Waals surface area contributed by atoms with Gasteiger partial charge in [-0.3, -0.25) is 0 Å². The number of hydrogen-bond acceptors (Lipinski definition) is 8. The third-order valence-corrected chi connectivity index (χ3v) is 6.81. The summed E-state index contributed by atoms with van der Waals surface area (Å²) in [5.74, 6) is 0.943. The minimum absolute atomic E-state index is 0.0810. The summed E-state index contributed by atoms with van der Waals surface area (Å²) in [6.45, 7) is 0. The lowest BCUT2D eigenvalue weighted by molar-refractivity contribution is 0.324. The molecular weight excluding hydrogens is 458 g/mol. The molecule has 3 aromatic carbocycles. The monoisotopic (exact) mass is 485 g/mol. The topological polar surface area (TPSA) is 117 Å². The van der Waals surface area contributed by atoms with Gasteiger partial charge in [-0.05, 0) is 47.5 Å². The molecule has 0 unspecified atom stereocenters. The van der Waals surface area contributed by atoms with Gasteiger partial charge < -0.3 is 29.8 Å². The highest BCUT2D eigenvalue weighted by Crippen LogP contribution is 2.39. The zero-order valence-corrected chi connectivity index (χ0v) is 20.2. The van der Waals surface area contributed by atoms with Crippen molar-refractivity contribution in [3.05, 3.63) is 65.2 Å². The van der Waals surface area contributed by atoms with Gasteiger partial charge in [0.1, 0.15) is 0 Å². The molecule has 0 spiro atoms. The average Bonchev–Trinajstić information content (AvgIpc) is 2.82. The maximum absolute atomic E-state index is 13.1. The predicted molar refractivity (Wildman–Crippen MR) is 131 cm³/mol. The maximum atomic E-state index is 13.1. The first-order valence-corrected chi connectivity index (χ1v) is 11.8. The molecule has 9 heteroatoms. The number of nitrogen functional groups attached to an aromatic ring is 1. The second kappa shape index (κ2) is 10.4. The number of aromatic hydroxyl groups is 1. The molecule has 0 fully saturated rings. The number of rotatable bonds is 9. The summed E-state index contributed by atoms with van der Waals surface area (Å²) in [6, 6.07) is 12.7. The molecule has 0 saturated heterocycles. The molecule has 0 atom stereocenters. The largest absolute Gasteiger partial charge is 0.504 e. The van der Waals surface area contributed by atoms with Gasteiger partial charge in [0.2, 0.25) is 5.75 Å². The molecule has 0 amide bonds. The van der Waals surface area contributed by atoms with Crippen LogP contribution in [0.3, 0.4) is 0 Å². The second-order valence-corrected chi connectivity index (χ2v) is 9.30. The van der Waals surface area contributed by atoms with Crippen molar-refractivity contribution in [3.8, 4) is 28.7 Å². The molecule has 0 aliphatic carbocycles. The third kappa shape index (κ3) is 5.20. The first-order valence-electron chi connectivity index (χ1n) is 10.2. The first kappa shape index (κ1) is 24.8. The van der Waals surface area contributed by atoms with E-state index < -0.39 is 15.6 Å². The molecule has 34 heavy (non-hydrogen) atoms. The molecular formula is C25H27NO7S. The fraction of sp³-hybridized carbons (Fsp3) is 0.200. The number of anilines is 1. The fourth-order valence-corrected chi connectivity index (χ4v) is 4.97. The maximum Gasteiger partial charge on any atom is 0.203 e. The van der Waals surface area contributed by atoms with Crippen molar-refractivity contribution < 1.29 is 32.5 Å². The quantitative estimate of drug-likeness (QED) is 0.343. The summed E-state index contributed by atoms with van der Waals surface area (Å²) in [7, 11) is 2.16. The zero-order valence-electron chi connectivity index (χ0n) is 19.4. The molecule has 0 aliphatic heterocycles. The van der Waals surface area contributed by atoms with E-state index in [0.29, 0.717) is 34.1 Å². The van der Waals surface area contributed by atoms with Crippen LogP contribution in [0, 0.1) is 0 Å². The lowest BCUT2D eigenvalue weighted by Gasteiger charge is -2.15. The van der Waals surface area contributed by atoms with Crippen LogP contribution in [0.2, 0.25) is 0 Å². The predicted octanol–water partition coefficient (Wildman–Crippen LogP) is 4.15. The summed E-state index contributed by atoms with van der Waals surface area (Å²) in [4.78, 5) is 0.0810. The van der Waals surface area contributed by atoms with Crippen LogP contribution in [0.25, 0.3) is 12.2 Å². The van der Waals surface area contributed by atoms with Crippen LogP contribution in [0.1, 0.15) is 16.7 Å². The number of phenols is 1. The lowest BCUT2D eigenvalue weighted by atomic mass is 10.0. The van der Waals surface area contributed by atoms with E-state index in [9.17, 15) is 13.5 Å². The van der Waals surface area contributed by atoms with Gasteiger partial charge in [0.25, 0.3) is 0 Å². The van der Waals surface area contributed by atoms with Crippen molar-refractivity contribution in [2.24, 2.45) is 0 Å². The smallest absolute Gasteiger partial charge is 0.203 e. The van der Waals surface area contributed by atoms with E-state index in [1.165, 1.54) is 46.6 Å². The Morgan fingerprint density at radius 2 is 1.50 bits per heavy atom. The van der Waals surface area contributed by atoms with Crippen LogP contribution in [0.4, 0.5) is 5.69 Å². The van der Waals surface area contributed by atoms with Gasteiger partial charge in [0.05, 0.1) is 39.1 Å². The Kier molecular flexibility index (Phi) is 7.57. The molecule has 3 N–H and O–H groups in total. The minimum atomic E-state index is -3.78. The summed E-state index contributed by atoms with van der Waals surface area (Å²) >= 11 is 0. The van der Waals surface area contributed by atoms with E-state index in [2.05, 4.69) is 0 Å². The number of hydrogen-bond donors (Lipinski definition) is 2. The molecule has 0 saturated carbocycles. The lowest BCUT2D eigenvalue weighted by Crippen LogP contribution is -2.08. The molecule has 3 rings (SSSR count). The molecule has 0 radical (unpaired) electrons. The molecule has 180 valence electrons. The molecule has 0 aliphatic rings. The van der Waals surface area contributed by atoms with E-state index in [-0.39, 0.29) is 16.4 Å². The number of nitrogens with two attached hydrogens (primary N) is 1. The van der Waals surface area contributed by atoms with E-state index in [0.717, 1.165) is 5.56 Å². The number of ether oxygens (including phenoxy) is 4. The Labute approximate surface area is 199 Å². The van der Waals surface area contributed by atoms with Gasteiger partial charge in [-0.1, -0.05) is 24.3 Å². The van der Waals surface area contributed by atoms with Gasteiger partial charge >= 0.3 is 0 Å². The van der Waals surface area contributed by atoms with Crippen molar-refractivity contribution in [3.63, 3.8) is 0 Å². The van der Waals surface area contributed by atoms with Gasteiger partial charge in [-0.2, -0.15) is 0 Å². The van der Waals surface area contributed by atoms with Crippen molar-refractivity contribution in [1.82, 2.24) is 0 Å². The standard InChI is InChI=1S/C25H27NO7S/c1-30-22-12-16(13-23(31-2)25(22)33-4)8-9-17-10-11-21(27)24(32-3)20(17)15-34(28,29)19-7-5-6-18(26)14-19/h5-14,27H,15,26H2,1-4H3/b9-8-. The highest BCUT2D eigenvalue weighted by atomic mass is 32.2. The number of sulfone groups is 1. The van der Waals surface area contributed by atoms with Crippen LogP contribution < -0.4 is 24.7 Å². The highest BCUT2D eigenvalue weighted by molar-refractivity contribution is 7.90. The van der Waals surface area contributed by atoms with Crippen molar-refractivity contribution in [2.45, 2.75) is 10.6 Å². The fourth-order valence-electron chi connectivity index (χ4n) is 3.53. The van der Waals surface area contributed by atoms with E-state index in [1.807, 2.05) is 0 Å². The van der Waals surface area contributed by atoms with Crippen LogP contribution in [-0.4, -0.2) is 42.0 Å². The summed E-state index contributed by atoms with van der Waals surface area (Å²) in [5.41, 5.74) is 7.70.